The zero-order valence-electron chi connectivity index (χ0n) is 14.2. The summed E-state index contributed by atoms with van der Waals surface area (Å²) in [5, 5.41) is 5.53. The minimum atomic E-state index is -0.374. The van der Waals surface area contributed by atoms with Gasteiger partial charge in [-0.3, -0.25) is 19.4 Å². The molecule has 1 aliphatic heterocycles. The molecule has 1 atom stereocenters. The number of piperazine rings is 1. The van der Waals surface area contributed by atoms with Gasteiger partial charge in [-0.1, -0.05) is 6.07 Å². The monoisotopic (exact) mass is 336 g/mol. The van der Waals surface area contributed by atoms with E-state index in [2.05, 4.69) is 15.5 Å². The Bertz CT molecular complexity index is 573. The Morgan fingerprint density at radius 1 is 1.25 bits per heavy atom. The van der Waals surface area contributed by atoms with E-state index in [1.54, 1.807) is 12.1 Å². The van der Waals surface area contributed by atoms with Crippen molar-refractivity contribution in [3.63, 3.8) is 0 Å². The normalized spacial score (nSPS) is 17.3. The number of likely N-dealkylation sites (N-methyl/N-ethyl adjacent to an activating group) is 1. The van der Waals surface area contributed by atoms with Crippen LogP contribution in [0, 0.1) is 5.82 Å². The van der Waals surface area contributed by atoms with E-state index in [4.69, 9.17) is 0 Å². The minimum Gasteiger partial charge on any atom is -0.355 e. The molecule has 0 bridgehead atoms. The van der Waals surface area contributed by atoms with Crippen LogP contribution in [0.5, 0.6) is 0 Å². The van der Waals surface area contributed by atoms with Crippen LogP contribution in [0.25, 0.3) is 0 Å². The molecule has 0 spiro atoms. The molecule has 1 aliphatic rings. The van der Waals surface area contributed by atoms with Crippen molar-refractivity contribution in [3.05, 3.63) is 30.1 Å². The van der Waals surface area contributed by atoms with Gasteiger partial charge in [0.25, 0.3) is 0 Å². The largest absolute Gasteiger partial charge is 0.355 e. The Hall–Kier alpha value is -1.99. The zero-order chi connectivity index (χ0) is 17.5. The van der Waals surface area contributed by atoms with Crippen LogP contribution in [0.3, 0.4) is 0 Å². The van der Waals surface area contributed by atoms with Crippen LogP contribution in [0.2, 0.25) is 0 Å². The second kappa shape index (κ2) is 8.75. The molecule has 2 rings (SSSR count). The Labute approximate surface area is 142 Å². The molecular formula is C17H25FN4O2. The van der Waals surface area contributed by atoms with Gasteiger partial charge in [0.1, 0.15) is 5.82 Å². The molecular weight excluding hydrogens is 311 g/mol. The van der Waals surface area contributed by atoms with Crippen LogP contribution >= 0.6 is 0 Å². The van der Waals surface area contributed by atoms with Gasteiger partial charge in [0, 0.05) is 38.4 Å². The summed E-state index contributed by atoms with van der Waals surface area (Å²) in [7, 11) is 0. The van der Waals surface area contributed by atoms with Crippen LogP contribution in [0.15, 0.2) is 24.3 Å². The van der Waals surface area contributed by atoms with Gasteiger partial charge in [-0.15, -0.1) is 0 Å². The topological polar surface area (TPSA) is 64.7 Å². The number of rotatable bonds is 6. The second-order valence-corrected chi connectivity index (χ2v) is 5.94. The summed E-state index contributed by atoms with van der Waals surface area (Å²) in [5.41, 5.74) is 0.462. The first-order valence-electron chi connectivity index (χ1n) is 8.29. The molecule has 0 saturated carbocycles. The van der Waals surface area contributed by atoms with Crippen molar-refractivity contribution in [1.82, 2.24) is 15.1 Å². The maximum atomic E-state index is 13.1. The van der Waals surface area contributed by atoms with Gasteiger partial charge < -0.3 is 10.6 Å². The fraction of sp³-hybridized carbons (Fsp3) is 0.529. The third-order valence-corrected chi connectivity index (χ3v) is 4.16. The molecule has 7 heteroatoms. The molecule has 1 fully saturated rings. The van der Waals surface area contributed by atoms with Gasteiger partial charge in [0.2, 0.25) is 11.8 Å². The van der Waals surface area contributed by atoms with E-state index in [9.17, 15) is 14.0 Å². The molecule has 0 aliphatic carbocycles. The molecule has 24 heavy (non-hydrogen) atoms. The third-order valence-electron chi connectivity index (χ3n) is 4.16. The van der Waals surface area contributed by atoms with Crippen LogP contribution in [0.1, 0.15) is 13.8 Å². The van der Waals surface area contributed by atoms with Gasteiger partial charge in [0.15, 0.2) is 0 Å². The van der Waals surface area contributed by atoms with E-state index in [1.165, 1.54) is 12.1 Å². The summed E-state index contributed by atoms with van der Waals surface area (Å²) < 4.78 is 13.1. The van der Waals surface area contributed by atoms with Crippen molar-refractivity contribution in [1.29, 1.82) is 0 Å². The molecule has 0 unspecified atom stereocenters. The summed E-state index contributed by atoms with van der Waals surface area (Å²) in [6.07, 6.45) is 0. The zero-order valence-corrected chi connectivity index (χ0v) is 14.2. The standard InChI is InChI=1S/C17H25FN4O2/c1-3-19-17(24)13(2)22-9-7-21(8-10-22)12-16(23)20-15-6-4-5-14(18)11-15/h4-6,11,13H,3,7-10,12H2,1-2H3,(H,19,24)(H,20,23)/t13-/m0/s1. The molecule has 0 aromatic heterocycles. The number of nitrogens with zero attached hydrogens (tertiary/aromatic N) is 2. The van der Waals surface area contributed by atoms with E-state index >= 15 is 0 Å². The number of hydrogen-bond donors (Lipinski definition) is 2. The number of carbonyl (C=O) groups is 2. The van der Waals surface area contributed by atoms with Gasteiger partial charge in [-0.05, 0) is 32.0 Å². The Morgan fingerprint density at radius 2 is 1.96 bits per heavy atom. The Kier molecular flexibility index (Phi) is 6.69. The van der Waals surface area contributed by atoms with Gasteiger partial charge >= 0.3 is 0 Å². The third kappa shape index (κ3) is 5.28. The number of carbonyl (C=O) groups excluding carboxylic acids is 2. The average Bonchev–Trinajstić information content (AvgIpc) is 2.55. The summed E-state index contributed by atoms with van der Waals surface area (Å²) >= 11 is 0. The van der Waals surface area contributed by atoms with Gasteiger partial charge in [-0.25, -0.2) is 4.39 Å². The average molecular weight is 336 g/mol. The molecule has 1 aromatic rings. The van der Waals surface area contributed by atoms with Crippen LogP contribution < -0.4 is 10.6 Å². The van der Waals surface area contributed by atoms with Crippen molar-refractivity contribution in [2.24, 2.45) is 0 Å². The maximum absolute atomic E-state index is 13.1. The highest BCUT2D eigenvalue weighted by Crippen LogP contribution is 2.10. The fourth-order valence-corrected chi connectivity index (χ4v) is 2.77. The molecule has 2 N–H and O–H groups in total. The highest BCUT2D eigenvalue weighted by Gasteiger charge is 2.25. The van der Waals surface area contributed by atoms with Crippen LogP contribution in [-0.2, 0) is 9.59 Å². The van der Waals surface area contributed by atoms with Crippen molar-refractivity contribution >= 4 is 17.5 Å². The first-order chi connectivity index (χ1) is 11.5. The van der Waals surface area contributed by atoms with E-state index in [-0.39, 0.29) is 30.2 Å². The summed E-state index contributed by atoms with van der Waals surface area (Å²) in [6, 6.07) is 5.70. The predicted molar refractivity (Wildman–Crippen MR) is 91.2 cm³/mol. The molecule has 2 amide bonds. The van der Waals surface area contributed by atoms with Crippen LogP contribution in [0.4, 0.5) is 10.1 Å². The highest BCUT2D eigenvalue weighted by molar-refractivity contribution is 5.92. The van der Waals surface area contributed by atoms with Crippen LogP contribution in [-0.4, -0.2) is 66.9 Å². The summed E-state index contributed by atoms with van der Waals surface area (Å²) in [5.74, 6) is -0.499. The molecule has 132 valence electrons. The minimum absolute atomic E-state index is 0.0368. The van der Waals surface area contributed by atoms with Crippen molar-refractivity contribution in [2.45, 2.75) is 19.9 Å². The second-order valence-electron chi connectivity index (χ2n) is 5.94. The quantitative estimate of drug-likeness (QED) is 0.810. The van der Waals surface area contributed by atoms with Crippen molar-refractivity contribution in [3.8, 4) is 0 Å². The molecule has 6 nitrogen and oxygen atoms in total. The van der Waals surface area contributed by atoms with E-state index in [1.807, 2.05) is 18.7 Å². The number of benzene rings is 1. The lowest BCUT2D eigenvalue weighted by Gasteiger charge is -2.37. The Balaban J connectivity index is 1.76. The lowest BCUT2D eigenvalue weighted by molar-refractivity contribution is -0.127. The number of anilines is 1. The van der Waals surface area contributed by atoms with E-state index in [0.29, 0.717) is 12.2 Å². The number of halogens is 1. The van der Waals surface area contributed by atoms with Crippen molar-refractivity contribution in [2.75, 3.05) is 44.6 Å². The lowest BCUT2D eigenvalue weighted by atomic mass is 10.2. The first-order valence-corrected chi connectivity index (χ1v) is 8.29. The van der Waals surface area contributed by atoms with Crippen molar-refractivity contribution < 1.29 is 14.0 Å². The van der Waals surface area contributed by atoms with Gasteiger partial charge in [-0.2, -0.15) is 0 Å². The smallest absolute Gasteiger partial charge is 0.238 e. The maximum Gasteiger partial charge on any atom is 0.238 e. The predicted octanol–water partition coefficient (Wildman–Crippen LogP) is 0.906. The fourth-order valence-electron chi connectivity index (χ4n) is 2.77. The lowest BCUT2D eigenvalue weighted by Crippen LogP contribution is -2.54. The molecule has 1 heterocycles. The SMILES string of the molecule is CCNC(=O)[C@H](C)N1CCN(CC(=O)Nc2cccc(F)c2)CC1. The highest BCUT2D eigenvalue weighted by atomic mass is 19.1. The number of amides is 2. The number of hydrogen-bond acceptors (Lipinski definition) is 4. The molecule has 0 radical (unpaired) electrons. The number of nitrogens with one attached hydrogen (secondary N) is 2. The summed E-state index contributed by atoms with van der Waals surface area (Å²) in [4.78, 5) is 28.1. The van der Waals surface area contributed by atoms with Gasteiger partial charge in [0.05, 0.1) is 12.6 Å². The van der Waals surface area contributed by atoms with E-state index in [0.717, 1.165) is 26.2 Å². The molecule has 1 saturated heterocycles. The Morgan fingerprint density at radius 3 is 2.58 bits per heavy atom. The molecule has 1 aromatic carbocycles. The summed E-state index contributed by atoms with van der Waals surface area (Å²) in [6.45, 7) is 7.62. The van der Waals surface area contributed by atoms with E-state index < -0.39 is 0 Å². The first kappa shape index (κ1) is 18.4.